The lowest BCUT2D eigenvalue weighted by atomic mass is 10.2. The molecule has 1 saturated heterocycles. The van der Waals surface area contributed by atoms with Gasteiger partial charge in [0.2, 0.25) is 5.91 Å². The van der Waals surface area contributed by atoms with E-state index in [1.807, 2.05) is 0 Å². The van der Waals surface area contributed by atoms with Gasteiger partial charge in [-0.2, -0.15) is 0 Å². The van der Waals surface area contributed by atoms with Crippen molar-refractivity contribution < 1.29 is 19.1 Å². The number of amides is 2. The standard InChI is InChI=1S/C16H15N3O5/c20-13-6-3-7-19(13)14(21)9-24-15(22)8-18-10-17-12-5-2-1-4-11(12)16(18)23/h1-2,4-5,10H,3,6-9H2. The summed E-state index contributed by atoms with van der Waals surface area (Å²) in [6.45, 7) is -0.512. The average molecular weight is 329 g/mol. The lowest BCUT2D eigenvalue weighted by Crippen LogP contribution is -2.36. The molecule has 0 aliphatic carbocycles. The van der Waals surface area contributed by atoms with Crippen molar-refractivity contribution in [3.63, 3.8) is 0 Å². The average Bonchev–Trinajstić information content (AvgIpc) is 3.01. The highest BCUT2D eigenvalue weighted by molar-refractivity contribution is 5.97. The van der Waals surface area contributed by atoms with Crippen LogP contribution in [0.2, 0.25) is 0 Å². The summed E-state index contributed by atoms with van der Waals surface area (Å²) in [7, 11) is 0. The minimum Gasteiger partial charge on any atom is -0.454 e. The SMILES string of the molecule is O=C(Cn1cnc2ccccc2c1=O)OCC(=O)N1CCCC1=O. The van der Waals surface area contributed by atoms with Gasteiger partial charge in [0.15, 0.2) is 6.61 Å². The molecular weight excluding hydrogens is 314 g/mol. The van der Waals surface area contributed by atoms with Crippen molar-refractivity contribution in [1.29, 1.82) is 0 Å². The molecule has 1 aromatic heterocycles. The second kappa shape index (κ2) is 6.61. The molecule has 24 heavy (non-hydrogen) atoms. The number of hydrogen-bond acceptors (Lipinski definition) is 6. The van der Waals surface area contributed by atoms with E-state index in [0.29, 0.717) is 30.3 Å². The number of rotatable bonds is 4. The van der Waals surface area contributed by atoms with Crippen LogP contribution in [0, 0.1) is 0 Å². The predicted octanol–water partition coefficient (Wildman–Crippen LogP) is 0.0887. The molecule has 0 N–H and O–H groups in total. The fourth-order valence-electron chi connectivity index (χ4n) is 2.54. The van der Waals surface area contributed by atoms with Crippen molar-refractivity contribution in [2.45, 2.75) is 19.4 Å². The molecule has 2 amide bonds. The Morgan fingerprint density at radius 1 is 1.21 bits per heavy atom. The van der Waals surface area contributed by atoms with Gasteiger partial charge >= 0.3 is 5.97 Å². The zero-order valence-electron chi connectivity index (χ0n) is 12.8. The van der Waals surface area contributed by atoms with Crippen LogP contribution in [0.15, 0.2) is 35.4 Å². The third kappa shape index (κ3) is 3.17. The number of nitrogens with zero attached hydrogens (tertiary/aromatic N) is 3. The maximum Gasteiger partial charge on any atom is 0.326 e. The third-order valence-corrected chi connectivity index (χ3v) is 3.76. The number of imide groups is 1. The molecule has 8 heteroatoms. The first kappa shape index (κ1) is 15.9. The second-order valence-electron chi connectivity index (χ2n) is 5.40. The molecule has 1 aliphatic rings. The molecule has 0 atom stereocenters. The largest absolute Gasteiger partial charge is 0.454 e. The van der Waals surface area contributed by atoms with Crippen LogP contribution in [0.25, 0.3) is 10.9 Å². The molecule has 124 valence electrons. The number of fused-ring (bicyclic) bond motifs is 1. The number of likely N-dealkylation sites (tertiary alicyclic amines) is 1. The summed E-state index contributed by atoms with van der Waals surface area (Å²) >= 11 is 0. The van der Waals surface area contributed by atoms with E-state index in [2.05, 4.69) is 4.98 Å². The summed E-state index contributed by atoms with van der Waals surface area (Å²) in [5.41, 5.74) is 0.174. The third-order valence-electron chi connectivity index (χ3n) is 3.76. The highest BCUT2D eigenvalue weighted by Gasteiger charge is 2.27. The van der Waals surface area contributed by atoms with Crippen LogP contribution in [-0.4, -0.2) is 45.4 Å². The number of aromatic nitrogens is 2. The van der Waals surface area contributed by atoms with E-state index < -0.39 is 18.5 Å². The Labute approximate surface area is 136 Å². The quantitative estimate of drug-likeness (QED) is 0.737. The zero-order chi connectivity index (χ0) is 17.1. The lowest BCUT2D eigenvalue weighted by Gasteiger charge is -2.13. The highest BCUT2D eigenvalue weighted by atomic mass is 16.5. The summed E-state index contributed by atoms with van der Waals surface area (Å²) in [4.78, 5) is 52.5. The van der Waals surface area contributed by atoms with Gasteiger partial charge in [0.1, 0.15) is 6.54 Å². The topological polar surface area (TPSA) is 98.6 Å². The van der Waals surface area contributed by atoms with Gasteiger partial charge in [-0.1, -0.05) is 12.1 Å². The second-order valence-corrected chi connectivity index (χ2v) is 5.40. The monoisotopic (exact) mass is 329 g/mol. The molecule has 3 rings (SSSR count). The molecule has 0 saturated carbocycles. The van der Waals surface area contributed by atoms with Gasteiger partial charge in [0, 0.05) is 13.0 Å². The Bertz CT molecular complexity index is 873. The Morgan fingerprint density at radius 2 is 2.00 bits per heavy atom. The number of carbonyl (C=O) groups excluding carboxylic acids is 3. The van der Waals surface area contributed by atoms with Gasteiger partial charge in [-0.05, 0) is 18.6 Å². The number of esters is 1. The van der Waals surface area contributed by atoms with Crippen molar-refractivity contribution in [3.8, 4) is 0 Å². The molecule has 2 aromatic rings. The minimum atomic E-state index is -0.742. The van der Waals surface area contributed by atoms with Crippen molar-refractivity contribution in [1.82, 2.24) is 14.5 Å². The van der Waals surface area contributed by atoms with E-state index in [0.717, 1.165) is 9.47 Å². The Balaban J connectivity index is 1.63. The molecule has 2 heterocycles. The van der Waals surface area contributed by atoms with Crippen molar-refractivity contribution >= 4 is 28.7 Å². The van der Waals surface area contributed by atoms with Gasteiger partial charge in [-0.25, -0.2) is 4.98 Å². The lowest BCUT2D eigenvalue weighted by molar-refractivity contribution is -0.155. The summed E-state index contributed by atoms with van der Waals surface area (Å²) < 4.78 is 5.99. The van der Waals surface area contributed by atoms with E-state index in [1.54, 1.807) is 24.3 Å². The number of hydrogen-bond donors (Lipinski definition) is 0. The molecule has 0 radical (unpaired) electrons. The fraction of sp³-hybridized carbons (Fsp3) is 0.312. The summed E-state index contributed by atoms with van der Waals surface area (Å²) in [5.74, 6) is -1.55. The van der Waals surface area contributed by atoms with Crippen LogP contribution in [0.4, 0.5) is 0 Å². The molecule has 0 unspecified atom stereocenters. The van der Waals surface area contributed by atoms with E-state index in [1.165, 1.54) is 6.33 Å². The van der Waals surface area contributed by atoms with Crippen LogP contribution in [0.1, 0.15) is 12.8 Å². The molecule has 0 spiro atoms. The van der Waals surface area contributed by atoms with Gasteiger partial charge in [-0.15, -0.1) is 0 Å². The van der Waals surface area contributed by atoms with E-state index in [9.17, 15) is 19.2 Å². The van der Waals surface area contributed by atoms with Crippen LogP contribution in [-0.2, 0) is 25.7 Å². The van der Waals surface area contributed by atoms with E-state index in [-0.39, 0.29) is 18.0 Å². The molecule has 0 bridgehead atoms. The number of benzene rings is 1. The first-order chi connectivity index (χ1) is 11.6. The first-order valence-electron chi connectivity index (χ1n) is 7.49. The normalized spacial score (nSPS) is 14.2. The Morgan fingerprint density at radius 3 is 2.75 bits per heavy atom. The number of ether oxygens (including phenoxy) is 1. The van der Waals surface area contributed by atoms with Gasteiger partial charge in [0.25, 0.3) is 11.5 Å². The smallest absolute Gasteiger partial charge is 0.326 e. The number of para-hydroxylation sites is 1. The summed E-state index contributed by atoms with van der Waals surface area (Å²) in [6.07, 6.45) is 2.21. The van der Waals surface area contributed by atoms with Crippen molar-refractivity contribution in [2.24, 2.45) is 0 Å². The zero-order valence-corrected chi connectivity index (χ0v) is 12.8. The van der Waals surface area contributed by atoms with Crippen LogP contribution >= 0.6 is 0 Å². The summed E-state index contributed by atoms with van der Waals surface area (Å²) in [5, 5.41) is 0.395. The Hall–Kier alpha value is -3.03. The number of carbonyl (C=O) groups is 3. The van der Waals surface area contributed by atoms with Crippen molar-refractivity contribution in [3.05, 3.63) is 40.9 Å². The maximum absolute atomic E-state index is 12.2. The fourth-order valence-corrected chi connectivity index (χ4v) is 2.54. The summed E-state index contributed by atoms with van der Waals surface area (Å²) in [6, 6.07) is 6.79. The first-order valence-corrected chi connectivity index (χ1v) is 7.49. The molecule has 1 aliphatic heterocycles. The van der Waals surface area contributed by atoms with Crippen LogP contribution in [0.5, 0.6) is 0 Å². The predicted molar refractivity (Wildman–Crippen MR) is 82.9 cm³/mol. The molecule has 1 aromatic carbocycles. The van der Waals surface area contributed by atoms with E-state index in [4.69, 9.17) is 4.74 Å². The van der Waals surface area contributed by atoms with Gasteiger partial charge in [0.05, 0.1) is 17.2 Å². The van der Waals surface area contributed by atoms with Crippen molar-refractivity contribution in [2.75, 3.05) is 13.2 Å². The van der Waals surface area contributed by atoms with Crippen LogP contribution in [0.3, 0.4) is 0 Å². The Kier molecular flexibility index (Phi) is 4.37. The highest BCUT2D eigenvalue weighted by Crippen LogP contribution is 2.09. The molecule has 1 fully saturated rings. The maximum atomic E-state index is 12.2. The van der Waals surface area contributed by atoms with Gasteiger partial charge in [-0.3, -0.25) is 28.6 Å². The molecule has 8 nitrogen and oxygen atoms in total. The minimum absolute atomic E-state index is 0.258. The van der Waals surface area contributed by atoms with Crippen LogP contribution < -0.4 is 5.56 Å². The van der Waals surface area contributed by atoms with Gasteiger partial charge < -0.3 is 4.74 Å². The molecular formula is C16H15N3O5. The van der Waals surface area contributed by atoms with E-state index >= 15 is 0 Å².